The van der Waals surface area contributed by atoms with Crippen molar-refractivity contribution >= 4 is 11.9 Å². The molecular formula is C52H84O22. The Balaban J connectivity index is 1.11. The molecule has 0 spiro atoms. The molecule has 3 heterocycles. The van der Waals surface area contributed by atoms with Crippen LogP contribution in [0.15, 0.2) is 11.6 Å². The van der Waals surface area contributed by atoms with Crippen LogP contribution in [-0.2, 0) is 42.7 Å². The third kappa shape index (κ3) is 8.75. The van der Waals surface area contributed by atoms with Crippen LogP contribution < -0.4 is 0 Å². The summed E-state index contributed by atoms with van der Waals surface area (Å²) < 4.78 is 42.3. The van der Waals surface area contributed by atoms with Crippen molar-refractivity contribution in [3.8, 4) is 0 Å². The molecular weight excluding hydrogens is 977 g/mol. The van der Waals surface area contributed by atoms with Crippen LogP contribution in [-0.4, -0.2) is 215 Å². The number of fused-ring (bicyclic) bond motifs is 7. The summed E-state index contributed by atoms with van der Waals surface area (Å²) in [5.41, 5.74) is -4.55. The van der Waals surface area contributed by atoms with Crippen LogP contribution in [0.5, 0.6) is 0 Å². The number of aliphatic hydroxyl groups excluding tert-OH is 12. The lowest BCUT2D eigenvalue weighted by molar-refractivity contribution is -0.392. The topological polar surface area (TPSA) is 362 Å². The maximum Gasteiger partial charge on any atom is 0.335 e. The van der Waals surface area contributed by atoms with Crippen molar-refractivity contribution in [2.75, 3.05) is 19.8 Å². The van der Waals surface area contributed by atoms with Gasteiger partial charge in [0.25, 0.3) is 0 Å². The van der Waals surface area contributed by atoms with Gasteiger partial charge in [0.2, 0.25) is 0 Å². The van der Waals surface area contributed by atoms with E-state index in [4.69, 9.17) is 33.2 Å². The number of carbonyl (C=O) groups excluding carboxylic acids is 1. The van der Waals surface area contributed by atoms with Crippen molar-refractivity contribution in [1.29, 1.82) is 0 Å². The molecule has 0 amide bonds. The zero-order valence-corrected chi connectivity index (χ0v) is 43.9. The van der Waals surface area contributed by atoms with E-state index in [1.807, 2.05) is 41.5 Å². The van der Waals surface area contributed by atoms with Gasteiger partial charge >= 0.3 is 11.9 Å². The number of esters is 1. The van der Waals surface area contributed by atoms with Gasteiger partial charge in [0.15, 0.2) is 25.0 Å². The average Bonchev–Trinajstić information content (AvgIpc) is 3.34. The number of carbonyl (C=O) groups is 2. The molecule has 8 rings (SSSR count). The fourth-order valence-corrected chi connectivity index (χ4v) is 15.8. The number of aliphatic carboxylic acids is 1. The first-order chi connectivity index (χ1) is 34.5. The summed E-state index contributed by atoms with van der Waals surface area (Å²) in [4.78, 5) is 26.0. The summed E-state index contributed by atoms with van der Waals surface area (Å²) in [7, 11) is 0. The zero-order chi connectivity index (χ0) is 54.7. The van der Waals surface area contributed by atoms with Crippen LogP contribution in [0.1, 0.15) is 107 Å². The first kappa shape index (κ1) is 58.1. The van der Waals surface area contributed by atoms with Crippen molar-refractivity contribution in [3.63, 3.8) is 0 Å². The molecule has 4 saturated carbocycles. The van der Waals surface area contributed by atoms with Gasteiger partial charge in [-0.2, -0.15) is 0 Å². The van der Waals surface area contributed by atoms with Crippen LogP contribution in [0.3, 0.4) is 0 Å². The standard InChI is InChI=1S/C52H84O22/c1-10-21(2)43(67)74-41-40(64)52(20-54)23(17-47(41,3)4)22-11-12-27-49(7)15-14-28(48(5,6)26(49)13-16-50(27,8)51(22,9)38(62)39(52)63)70-46-37(73-45-33(60)31(58)30(57)25(18-53)69-45)35(34(61)36(72-46)42(65)66)71-44-32(59)29(56)24(55)19-68-44/h11,21,23-41,44-46,53-64H,10,12-20H2,1-9H3,(H,65,66). The largest absolute Gasteiger partial charge is 0.479 e. The SMILES string of the molecule is CCC(C)C(=O)OC1C(O)C2(CO)C(CC1(C)C)C1=CCC3C4(C)CCC(OC5OC(C(=O)O)C(O)C(OC6OCC(O)C(O)C6O)C5OC5OC(CO)C(O)C(O)C5O)C(C)(C)C4CCC3(C)C1(C)C(O)C2O. The van der Waals surface area contributed by atoms with E-state index >= 15 is 0 Å². The summed E-state index contributed by atoms with van der Waals surface area (Å²) in [5, 5.41) is 145. The Kier molecular flexibility index (Phi) is 16.1. The van der Waals surface area contributed by atoms with Gasteiger partial charge in [0.05, 0.1) is 49.5 Å². The Morgan fingerprint density at radius 2 is 1.38 bits per heavy atom. The maximum absolute atomic E-state index is 13.2. The Morgan fingerprint density at radius 3 is 2.00 bits per heavy atom. The lowest BCUT2D eigenvalue weighted by Gasteiger charge is -2.73. The molecule has 8 aliphatic rings. The summed E-state index contributed by atoms with van der Waals surface area (Å²) in [6.07, 6.45) is -26.5. The molecule has 0 aromatic carbocycles. The number of aliphatic hydroxyl groups is 12. The predicted octanol–water partition coefficient (Wildman–Crippen LogP) is -1.17. The van der Waals surface area contributed by atoms with Crippen LogP contribution in [0, 0.1) is 56.2 Å². The number of allylic oxidation sites excluding steroid dienone is 1. The van der Waals surface area contributed by atoms with Crippen molar-refractivity contribution in [2.24, 2.45) is 56.2 Å². The molecule has 5 aliphatic carbocycles. The second-order valence-electron chi connectivity index (χ2n) is 25.1. The van der Waals surface area contributed by atoms with E-state index in [0.29, 0.717) is 44.9 Å². The first-order valence-corrected chi connectivity index (χ1v) is 26.5. The van der Waals surface area contributed by atoms with Crippen LogP contribution in [0.2, 0.25) is 0 Å². The van der Waals surface area contributed by atoms with Gasteiger partial charge in [-0.15, -0.1) is 0 Å². The average molecular weight is 1060 g/mol. The van der Waals surface area contributed by atoms with E-state index in [2.05, 4.69) is 19.9 Å². The van der Waals surface area contributed by atoms with Crippen molar-refractivity contribution < 1.29 is 109 Å². The van der Waals surface area contributed by atoms with Crippen LogP contribution in [0.4, 0.5) is 0 Å². The Hall–Kier alpha value is -2.04. The highest BCUT2D eigenvalue weighted by atomic mass is 16.8. The number of carboxylic acid groups (broad SMARTS) is 1. The van der Waals surface area contributed by atoms with Crippen molar-refractivity contribution in [3.05, 3.63) is 11.6 Å². The van der Waals surface area contributed by atoms with Gasteiger partial charge in [0, 0.05) is 10.8 Å². The Bertz CT molecular complexity index is 2070. The molecule has 74 heavy (non-hydrogen) atoms. The number of carboxylic acids is 1. The third-order valence-corrected chi connectivity index (χ3v) is 20.6. The minimum absolute atomic E-state index is 0.106. The third-order valence-electron chi connectivity index (χ3n) is 20.6. The molecule has 7 fully saturated rings. The first-order valence-electron chi connectivity index (χ1n) is 26.5. The van der Waals surface area contributed by atoms with Gasteiger partial charge in [0.1, 0.15) is 73.2 Å². The van der Waals surface area contributed by atoms with Crippen LogP contribution >= 0.6 is 0 Å². The van der Waals surface area contributed by atoms with E-state index in [9.17, 15) is 76.0 Å². The van der Waals surface area contributed by atoms with Gasteiger partial charge in [-0.3, -0.25) is 4.79 Å². The molecule has 22 nitrogen and oxygen atoms in total. The summed E-state index contributed by atoms with van der Waals surface area (Å²) in [5.74, 6) is -3.40. The number of ether oxygens (including phenoxy) is 7. The monoisotopic (exact) mass is 1060 g/mol. The molecule has 0 aromatic heterocycles. The second kappa shape index (κ2) is 20.6. The van der Waals surface area contributed by atoms with Gasteiger partial charge in [-0.05, 0) is 78.9 Å². The smallest absolute Gasteiger partial charge is 0.335 e. The summed E-state index contributed by atoms with van der Waals surface area (Å²) in [6, 6.07) is 0. The fraction of sp³-hybridized carbons (Fsp3) is 0.923. The predicted molar refractivity (Wildman–Crippen MR) is 253 cm³/mol. The van der Waals surface area contributed by atoms with E-state index in [1.54, 1.807) is 6.92 Å². The molecule has 3 saturated heterocycles. The molecule has 3 aliphatic heterocycles. The molecule has 424 valence electrons. The summed E-state index contributed by atoms with van der Waals surface area (Å²) in [6.45, 7) is 15.8. The van der Waals surface area contributed by atoms with Crippen molar-refractivity contribution in [2.45, 2.75) is 224 Å². The highest BCUT2D eigenvalue weighted by Gasteiger charge is 2.75. The molecule has 27 atom stereocenters. The second-order valence-corrected chi connectivity index (χ2v) is 25.1. The normalized spacial score (nSPS) is 52.3. The Morgan fingerprint density at radius 1 is 0.730 bits per heavy atom. The minimum Gasteiger partial charge on any atom is -0.479 e. The highest BCUT2D eigenvalue weighted by molar-refractivity contribution is 5.73. The zero-order valence-electron chi connectivity index (χ0n) is 43.9. The lowest BCUT2D eigenvalue weighted by atomic mass is 9.32. The molecule has 27 unspecified atom stereocenters. The quantitative estimate of drug-likeness (QED) is 0.0622. The molecule has 0 aromatic rings. The van der Waals surface area contributed by atoms with Gasteiger partial charge in [-0.1, -0.05) is 74.0 Å². The lowest BCUT2D eigenvalue weighted by Crippen LogP contribution is -2.76. The van der Waals surface area contributed by atoms with Gasteiger partial charge in [-0.25, -0.2) is 4.79 Å². The van der Waals surface area contributed by atoms with E-state index < -0.39 is 193 Å². The van der Waals surface area contributed by atoms with E-state index in [0.717, 1.165) is 5.57 Å². The van der Waals surface area contributed by atoms with Crippen LogP contribution in [0.25, 0.3) is 0 Å². The summed E-state index contributed by atoms with van der Waals surface area (Å²) >= 11 is 0. The number of hydrogen-bond donors (Lipinski definition) is 13. The van der Waals surface area contributed by atoms with E-state index in [-0.39, 0.29) is 11.8 Å². The molecule has 0 radical (unpaired) electrons. The molecule has 0 bridgehead atoms. The molecule has 13 N–H and O–H groups in total. The highest BCUT2D eigenvalue weighted by Crippen LogP contribution is 2.76. The minimum atomic E-state index is -2.11. The van der Waals surface area contributed by atoms with Crippen molar-refractivity contribution in [1.82, 2.24) is 0 Å². The number of hydrogen-bond acceptors (Lipinski definition) is 21. The van der Waals surface area contributed by atoms with E-state index in [1.165, 1.54) is 0 Å². The maximum atomic E-state index is 13.2. The fourth-order valence-electron chi connectivity index (χ4n) is 15.8. The number of rotatable bonds is 12. The molecule has 22 heteroatoms. The Labute approximate surface area is 431 Å². The van der Waals surface area contributed by atoms with Gasteiger partial charge < -0.3 is 99.5 Å².